The van der Waals surface area contributed by atoms with Crippen LogP contribution in [0.1, 0.15) is 37.5 Å². The molecule has 1 aromatic heterocycles. The topological polar surface area (TPSA) is 19.4 Å². The lowest BCUT2D eigenvalue weighted by Crippen LogP contribution is -2.35. The predicted molar refractivity (Wildman–Crippen MR) is 95.4 cm³/mol. The van der Waals surface area contributed by atoms with Gasteiger partial charge in [0.05, 0.1) is 5.69 Å². The summed E-state index contributed by atoms with van der Waals surface area (Å²) >= 11 is 0. The number of hydrogen-bond acceptors (Lipinski definition) is 3. The fourth-order valence-corrected chi connectivity index (χ4v) is 4.03. The highest BCUT2D eigenvalue weighted by molar-refractivity contribution is 5.87. The molecule has 1 aliphatic carbocycles. The molecule has 1 aliphatic heterocycles. The molecule has 0 fully saturated rings. The first kappa shape index (κ1) is 14.3. The van der Waals surface area contributed by atoms with Crippen LogP contribution in [0.3, 0.4) is 0 Å². The second kappa shape index (κ2) is 4.60. The molecule has 3 nitrogen and oxygen atoms in total. The Morgan fingerprint density at radius 3 is 2.57 bits per heavy atom. The normalized spacial score (nSPS) is 20.8. The highest BCUT2D eigenvalue weighted by atomic mass is 15.4. The molecule has 3 heteroatoms. The van der Waals surface area contributed by atoms with Gasteiger partial charge in [0, 0.05) is 37.3 Å². The Balaban J connectivity index is 2.00. The minimum Gasteiger partial charge on any atom is -0.359 e. The smallest absolute Gasteiger partial charge is 0.102 e. The molecule has 0 saturated carbocycles. The molecule has 0 N–H and O–H groups in total. The highest BCUT2D eigenvalue weighted by Gasteiger charge is 2.40. The minimum absolute atomic E-state index is 0.0327. The van der Waals surface area contributed by atoms with Crippen molar-refractivity contribution in [3.8, 4) is 11.1 Å². The van der Waals surface area contributed by atoms with Gasteiger partial charge in [-0.1, -0.05) is 26.0 Å². The van der Waals surface area contributed by atoms with Crippen LogP contribution in [0.15, 0.2) is 43.0 Å². The quantitative estimate of drug-likeness (QED) is 0.784. The summed E-state index contributed by atoms with van der Waals surface area (Å²) in [5.41, 5.74) is 8.06. The zero-order chi connectivity index (χ0) is 16.4. The first-order valence-electron chi connectivity index (χ1n) is 8.20. The third-order valence-electron chi connectivity index (χ3n) is 5.50. The van der Waals surface area contributed by atoms with E-state index >= 15 is 0 Å². The predicted octanol–water partition coefficient (Wildman–Crippen LogP) is 4.27. The SMILES string of the molecule is Cc1ccc2c(c1N1C=CN(C)[C@@H]1C)C(C)(C)c1cnccc1-2. The van der Waals surface area contributed by atoms with Crippen LogP contribution in [0.25, 0.3) is 11.1 Å². The Hall–Kier alpha value is -2.29. The summed E-state index contributed by atoms with van der Waals surface area (Å²) in [6, 6.07) is 6.67. The van der Waals surface area contributed by atoms with Crippen LogP contribution in [0.5, 0.6) is 0 Å². The van der Waals surface area contributed by atoms with Crippen LogP contribution in [0.4, 0.5) is 5.69 Å². The van der Waals surface area contributed by atoms with Crippen LogP contribution in [-0.2, 0) is 5.41 Å². The van der Waals surface area contributed by atoms with Gasteiger partial charge in [-0.3, -0.25) is 4.98 Å². The Kier molecular flexibility index (Phi) is 2.87. The van der Waals surface area contributed by atoms with Gasteiger partial charge in [0.1, 0.15) is 6.17 Å². The molecule has 2 heterocycles. The van der Waals surface area contributed by atoms with E-state index in [1.54, 1.807) is 0 Å². The number of pyridine rings is 1. The van der Waals surface area contributed by atoms with E-state index < -0.39 is 0 Å². The third-order valence-corrected chi connectivity index (χ3v) is 5.50. The number of aryl methyl sites for hydroxylation is 1. The lowest BCUT2D eigenvalue weighted by molar-refractivity contribution is 0.382. The number of hydrogen-bond donors (Lipinski definition) is 0. The van der Waals surface area contributed by atoms with Gasteiger partial charge in [0.2, 0.25) is 0 Å². The van der Waals surface area contributed by atoms with E-state index in [0.29, 0.717) is 6.17 Å². The molecule has 2 aromatic rings. The second-order valence-corrected chi connectivity index (χ2v) is 7.20. The van der Waals surface area contributed by atoms with E-state index in [2.05, 4.69) is 80.1 Å². The Morgan fingerprint density at radius 2 is 1.87 bits per heavy atom. The summed E-state index contributed by atoms with van der Waals surface area (Å²) in [6.45, 7) is 9.09. The molecule has 1 atom stereocenters. The maximum absolute atomic E-state index is 4.38. The molecule has 23 heavy (non-hydrogen) atoms. The van der Waals surface area contributed by atoms with Gasteiger partial charge >= 0.3 is 0 Å². The van der Waals surface area contributed by atoms with Gasteiger partial charge in [-0.25, -0.2) is 0 Å². The Bertz CT molecular complexity index is 820. The standard InChI is InChI=1S/C20H23N3/c1-13-6-7-16-15-8-9-21-12-17(15)20(3,4)18(16)19(13)23-11-10-22(5)14(23)2/h6-12,14H,1-5H3/t14-/m0/s1. The average Bonchev–Trinajstić information content (AvgIpc) is 2.97. The van der Waals surface area contributed by atoms with Gasteiger partial charge in [-0.15, -0.1) is 0 Å². The zero-order valence-corrected chi connectivity index (χ0v) is 14.5. The first-order valence-corrected chi connectivity index (χ1v) is 8.20. The summed E-state index contributed by atoms with van der Waals surface area (Å²) in [7, 11) is 2.13. The van der Waals surface area contributed by atoms with Gasteiger partial charge in [-0.05, 0) is 47.7 Å². The zero-order valence-electron chi connectivity index (χ0n) is 14.5. The van der Waals surface area contributed by atoms with Gasteiger partial charge in [-0.2, -0.15) is 0 Å². The van der Waals surface area contributed by atoms with Crippen molar-refractivity contribution in [2.45, 2.75) is 39.3 Å². The fraction of sp³-hybridized carbons (Fsp3) is 0.350. The van der Waals surface area contributed by atoms with Crippen LogP contribution >= 0.6 is 0 Å². The number of nitrogens with zero attached hydrogens (tertiary/aromatic N) is 3. The molecular weight excluding hydrogens is 282 g/mol. The van der Waals surface area contributed by atoms with Crippen molar-refractivity contribution < 1.29 is 0 Å². The number of benzene rings is 1. The maximum atomic E-state index is 4.38. The van der Waals surface area contributed by atoms with Gasteiger partial charge in [0.25, 0.3) is 0 Å². The summed E-state index contributed by atoms with van der Waals surface area (Å²) in [5, 5.41) is 0. The van der Waals surface area contributed by atoms with Crippen molar-refractivity contribution in [3.63, 3.8) is 0 Å². The summed E-state index contributed by atoms with van der Waals surface area (Å²) in [4.78, 5) is 9.02. The van der Waals surface area contributed by atoms with Gasteiger partial charge in [0.15, 0.2) is 0 Å². The van der Waals surface area contributed by atoms with E-state index in [1.807, 2.05) is 12.4 Å². The average molecular weight is 305 g/mol. The van der Waals surface area contributed by atoms with Gasteiger partial charge < -0.3 is 9.80 Å². The molecule has 0 saturated heterocycles. The van der Waals surface area contributed by atoms with Crippen LogP contribution in [-0.4, -0.2) is 23.1 Å². The number of anilines is 1. The number of fused-ring (bicyclic) bond motifs is 3. The molecule has 0 amide bonds. The maximum Gasteiger partial charge on any atom is 0.102 e. The van der Waals surface area contributed by atoms with E-state index in [9.17, 15) is 0 Å². The molecule has 118 valence electrons. The van der Waals surface area contributed by atoms with E-state index in [4.69, 9.17) is 0 Å². The summed E-state index contributed by atoms with van der Waals surface area (Å²) in [5.74, 6) is 0. The Morgan fingerprint density at radius 1 is 1.09 bits per heavy atom. The van der Waals surface area contributed by atoms with Crippen molar-refractivity contribution in [2.24, 2.45) is 0 Å². The molecule has 4 rings (SSSR count). The largest absolute Gasteiger partial charge is 0.359 e. The van der Waals surface area contributed by atoms with E-state index in [0.717, 1.165) is 0 Å². The fourth-order valence-electron chi connectivity index (χ4n) is 4.03. The lowest BCUT2D eigenvalue weighted by Gasteiger charge is -2.33. The number of aromatic nitrogens is 1. The summed E-state index contributed by atoms with van der Waals surface area (Å²) in [6.07, 6.45) is 8.61. The minimum atomic E-state index is -0.0327. The van der Waals surface area contributed by atoms with Crippen molar-refractivity contribution in [1.29, 1.82) is 0 Å². The van der Waals surface area contributed by atoms with Crippen LogP contribution in [0, 0.1) is 6.92 Å². The Labute approximate surface area is 138 Å². The molecule has 2 aliphatic rings. The van der Waals surface area contributed by atoms with Crippen LogP contribution < -0.4 is 4.90 Å². The summed E-state index contributed by atoms with van der Waals surface area (Å²) < 4.78 is 0. The van der Waals surface area contributed by atoms with E-state index in [1.165, 1.54) is 33.5 Å². The first-order chi connectivity index (χ1) is 10.9. The molecule has 0 spiro atoms. The molecule has 0 unspecified atom stereocenters. The lowest BCUT2D eigenvalue weighted by atomic mass is 9.81. The van der Waals surface area contributed by atoms with Crippen molar-refractivity contribution in [1.82, 2.24) is 9.88 Å². The van der Waals surface area contributed by atoms with Crippen molar-refractivity contribution in [2.75, 3.05) is 11.9 Å². The third kappa shape index (κ3) is 1.79. The van der Waals surface area contributed by atoms with Crippen molar-refractivity contribution in [3.05, 3.63) is 59.7 Å². The monoisotopic (exact) mass is 305 g/mol. The van der Waals surface area contributed by atoms with Crippen LogP contribution in [0.2, 0.25) is 0 Å². The highest BCUT2D eigenvalue weighted by Crippen LogP contribution is 2.53. The molecular formula is C20H23N3. The molecule has 0 bridgehead atoms. The molecule has 0 radical (unpaired) electrons. The molecule has 1 aromatic carbocycles. The second-order valence-electron chi connectivity index (χ2n) is 7.20. The van der Waals surface area contributed by atoms with E-state index in [-0.39, 0.29) is 5.41 Å². The van der Waals surface area contributed by atoms with Crippen molar-refractivity contribution >= 4 is 5.69 Å². The number of rotatable bonds is 1.